The standard InChI is InChI=1S/C19H23NO/c1-13-6-4-5-7-15(13)12-18(20-3)16-8-9-19-17(11-16)10-14(2)21-19/h4-9,11,14,18,20H,10,12H2,1-3H3. The molecule has 1 aliphatic heterocycles. The Kier molecular flexibility index (Phi) is 3.98. The summed E-state index contributed by atoms with van der Waals surface area (Å²) in [6.07, 6.45) is 2.34. The lowest BCUT2D eigenvalue weighted by Crippen LogP contribution is -2.19. The van der Waals surface area contributed by atoms with Crippen LogP contribution in [0, 0.1) is 6.92 Å². The van der Waals surface area contributed by atoms with Gasteiger partial charge in [0.15, 0.2) is 0 Å². The molecule has 1 heterocycles. The van der Waals surface area contributed by atoms with Crippen molar-refractivity contribution < 1.29 is 4.74 Å². The topological polar surface area (TPSA) is 21.3 Å². The van der Waals surface area contributed by atoms with E-state index < -0.39 is 0 Å². The lowest BCUT2D eigenvalue weighted by Gasteiger charge is -2.18. The molecule has 2 heteroatoms. The van der Waals surface area contributed by atoms with E-state index in [0.29, 0.717) is 12.1 Å². The van der Waals surface area contributed by atoms with Crippen LogP contribution in [0.5, 0.6) is 5.75 Å². The van der Waals surface area contributed by atoms with Gasteiger partial charge in [0.2, 0.25) is 0 Å². The Morgan fingerprint density at radius 1 is 1.24 bits per heavy atom. The largest absolute Gasteiger partial charge is 0.490 e. The molecule has 1 aliphatic rings. The molecule has 0 amide bonds. The summed E-state index contributed by atoms with van der Waals surface area (Å²) in [6.45, 7) is 4.31. The van der Waals surface area contributed by atoms with E-state index in [0.717, 1.165) is 18.6 Å². The summed E-state index contributed by atoms with van der Waals surface area (Å²) < 4.78 is 5.79. The second-order valence-corrected chi connectivity index (χ2v) is 5.97. The molecule has 2 aromatic carbocycles. The fourth-order valence-electron chi connectivity index (χ4n) is 3.10. The van der Waals surface area contributed by atoms with E-state index in [-0.39, 0.29) is 0 Å². The van der Waals surface area contributed by atoms with Crippen LogP contribution in [0.25, 0.3) is 0 Å². The van der Waals surface area contributed by atoms with Gasteiger partial charge in [-0.05, 0) is 55.6 Å². The third-order valence-electron chi connectivity index (χ3n) is 4.36. The number of likely N-dealkylation sites (N-methyl/N-ethyl adjacent to an activating group) is 1. The van der Waals surface area contributed by atoms with Crippen LogP contribution in [0.1, 0.15) is 35.2 Å². The van der Waals surface area contributed by atoms with Gasteiger partial charge in [-0.25, -0.2) is 0 Å². The fraction of sp³-hybridized carbons (Fsp3) is 0.368. The number of aryl methyl sites for hydroxylation is 1. The van der Waals surface area contributed by atoms with E-state index in [9.17, 15) is 0 Å². The van der Waals surface area contributed by atoms with Crippen LogP contribution in [0.2, 0.25) is 0 Å². The van der Waals surface area contributed by atoms with Gasteiger partial charge in [0.05, 0.1) is 0 Å². The first-order valence-corrected chi connectivity index (χ1v) is 7.68. The van der Waals surface area contributed by atoms with E-state index in [2.05, 4.69) is 61.6 Å². The second kappa shape index (κ2) is 5.90. The molecule has 1 N–H and O–H groups in total. The molecule has 0 saturated carbocycles. The molecule has 21 heavy (non-hydrogen) atoms. The molecule has 2 unspecified atom stereocenters. The number of fused-ring (bicyclic) bond motifs is 1. The summed E-state index contributed by atoms with van der Waals surface area (Å²) in [5, 5.41) is 3.46. The van der Waals surface area contributed by atoms with Crippen molar-refractivity contribution in [3.63, 3.8) is 0 Å². The van der Waals surface area contributed by atoms with E-state index in [1.54, 1.807) is 0 Å². The highest BCUT2D eigenvalue weighted by Crippen LogP contribution is 2.32. The Hall–Kier alpha value is -1.80. The summed E-state index contributed by atoms with van der Waals surface area (Å²) in [6, 6.07) is 15.6. The highest BCUT2D eigenvalue weighted by Gasteiger charge is 2.21. The van der Waals surface area contributed by atoms with Crippen LogP contribution < -0.4 is 10.1 Å². The highest BCUT2D eigenvalue weighted by molar-refractivity contribution is 5.42. The predicted molar refractivity (Wildman–Crippen MR) is 86.9 cm³/mol. The van der Waals surface area contributed by atoms with Gasteiger partial charge < -0.3 is 10.1 Å². The molecule has 0 spiro atoms. The minimum Gasteiger partial charge on any atom is -0.490 e. The Labute approximate surface area is 127 Å². The van der Waals surface area contributed by atoms with Crippen LogP contribution in [0.15, 0.2) is 42.5 Å². The Morgan fingerprint density at radius 3 is 2.81 bits per heavy atom. The van der Waals surface area contributed by atoms with Crippen molar-refractivity contribution in [2.45, 2.75) is 38.8 Å². The molecular weight excluding hydrogens is 258 g/mol. The number of hydrogen-bond donors (Lipinski definition) is 1. The predicted octanol–water partition coefficient (Wildman–Crippen LogP) is 3.82. The van der Waals surface area contributed by atoms with Gasteiger partial charge >= 0.3 is 0 Å². The average Bonchev–Trinajstić information content (AvgIpc) is 2.85. The molecular formula is C19H23NO. The third kappa shape index (κ3) is 2.96. The first-order chi connectivity index (χ1) is 10.2. The normalized spacial score (nSPS) is 18.1. The monoisotopic (exact) mass is 281 g/mol. The minimum absolute atomic E-state index is 0.305. The molecule has 2 nitrogen and oxygen atoms in total. The molecule has 0 bridgehead atoms. The molecule has 2 atom stereocenters. The third-order valence-corrected chi connectivity index (χ3v) is 4.36. The molecule has 0 fully saturated rings. The number of rotatable bonds is 4. The Balaban J connectivity index is 1.84. The zero-order chi connectivity index (χ0) is 14.8. The van der Waals surface area contributed by atoms with E-state index in [1.807, 2.05) is 7.05 Å². The lowest BCUT2D eigenvalue weighted by atomic mass is 9.94. The van der Waals surface area contributed by atoms with Gasteiger partial charge in [-0.2, -0.15) is 0 Å². The molecule has 3 rings (SSSR count). The van der Waals surface area contributed by atoms with Crippen LogP contribution in [-0.4, -0.2) is 13.2 Å². The van der Waals surface area contributed by atoms with Crippen molar-refractivity contribution in [1.29, 1.82) is 0 Å². The average molecular weight is 281 g/mol. The van der Waals surface area contributed by atoms with Crippen molar-refractivity contribution in [3.05, 3.63) is 64.7 Å². The van der Waals surface area contributed by atoms with Crippen molar-refractivity contribution >= 4 is 0 Å². The SMILES string of the molecule is CNC(Cc1ccccc1C)c1ccc2c(c1)CC(C)O2. The van der Waals surface area contributed by atoms with Crippen LogP contribution in [0.4, 0.5) is 0 Å². The van der Waals surface area contributed by atoms with E-state index >= 15 is 0 Å². The number of hydrogen-bond acceptors (Lipinski definition) is 2. The smallest absolute Gasteiger partial charge is 0.123 e. The Bertz CT molecular complexity index is 635. The maximum atomic E-state index is 5.79. The first-order valence-electron chi connectivity index (χ1n) is 7.68. The van der Waals surface area contributed by atoms with Gasteiger partial charge in [-0.15, -0.1) is 0 Å². The molecule has 0 radical (unpaired) electrons. The summed E-state index contributed by atoms with van der Waals surface area (Å²) in [7, 11) is 2.04. The van der Waals surface area contributed by atoms with Gasteiger partial charge in [0.25, 0.3) is 0 Å². The summed E-state index contributed by atoms with van der Waals surface area (Å²) in [5.41, 5.74) is 5.44. The maximum absolute atomic E-state index is 5.79. The van der Waals surface area contributed by atoms with Gasteiger partial charge in [-0.1, -0.05) is 36.4 Å². The zero-order valence-corrected chi connectivity index (χ0v) is 13.0. The molecule has 0 aromatic heterocycles. The van der Waals surface area contributed by atoms with Gasteiger partial charge in [0, 0.05) is 12.5 Å². The highest BCUT2D eigenvalue weighted by atomic mass is 16.5. The maximum Gasteiger partial charge on any atom is 0.123 e. The molecule has 0 saturated heterocycles. The second-order valence-electron chi connectivity index (χ2n) is 5.97. The van der Waals surface area contributed by atoms with Crippen molar-refractivity contribution in [3.8, 4) is 5.75 Å². The fourth-order valence-corrected chi connectivity index (χ4v) is 3.10. The van der Waals surface area contributed by atoms with Crippen molar-refractivity contribution in [2.24, 2.45) is 0 Å². The molecule has 110 valence electrons. The van der Waals surface area contributed by atoms with Crippen molar-refractivity contribution in [2.75, 3.05) is 7.05 Å². The van der Waals surface area contributed by atoms with E-state index in [1.165, 1.54) is 22.3 Å². The number of ether oxygens (including phenoxy) is 1. The van der Waals surface area contributed by atoms with Crippen LogP contribution >= 0.6 is 0 Å². The zero-order valence-electron chi connectivity index (χ0n) is 13.0. The molecule has 0 aliphatic carbocycles. The quantitative estimate of drug-likeness (QED) is 0.920. The first kappa shape index (κ1) is 14.2. The van der Waals surface area contributed by atoms with E-state index in [4.69, 9.17) is 4.74 Å². The van der Waals surface area contributed by atoms with Crippen LogP contribution in [0.3, 0.4) is 0 Å². The molecule has 2 aromatic rings. The lowest BCUT2D eigenvalue weighted by molar-refractivity contribution is 0.254. The minimum atomic E-state index is 0.305. The van der Waals surface area contributed by atoms with Crippen LogP contribution in [-0.2, 0) is 12.8 Å². The summed E-state index contributed by atoms with van der Waals surface area (Å²) in [4.78, 5) is 0. The Morgan fingerprint density at radius 2 is 2.05 bits per heavy atom. The number of benzene rings is 2. The summed E-state index contributed by atoms with van der Waals surface area (Å²) >= 11 is 0. The van der Waals surface area contributed by atoms with Gasteiger partial charge in [0.1, 0.15) is 11.9 Å². The van der Waals surface area contributed by atoms with Gasteiger partial charge in [-0.3, -0.25) is 0 Å². The number of nitrogens with one attached hydrogen (secondary N) is 1. The van der Waals surface area contributed by atoms with Crippen molar-refractivity contribution in [1.82, 2.24) is 5.32 Å². The summed E-state index contributed by atoms with van der Waals surface area (Å²) in [5.74, 6) is 1.05.